The topological polar surface area (TPSA) is 70.7 Å². The van der Waals surface area contributed by atoms with Gasteiger partial charge in [0.15, 0.2) is 0 Å². The summed E-state index contributed by atoms with van der Waals surface area (Å²) in [7, 11) is 0. The highest BCUT2D eigenvalue weighted by Gasteiger charge is 2.36. The van der Waals surface area contributed by atoms with Crippen molar-refractivity contribution in [1.82, 2.24) is 10.2 Å². The average molecular weight is 338 g/mol. The van der Waals surface area contributed by atoms with E-state index in [0.717, 1.165) is 12.2 Å². The summed E-state index contributed by atoms with van der Waals surface area (Å²) < 4.78 is 5.53. The van der Waals surface area contributed by atoms with E-state index in [4.69, 9.17) is 16.3 Å². The summed E-state index contributed by atoms with van der Waals surface area (Å²) in [5.74, 6) is -0.210. The Balaban J connectivity index is 1.78. The van der Waals surface area contributed by atoms with Crippen LogP contribution in [0.15, 0.2) is 18.2 Å². The number of carbonyl (C=O) groups excluding carboxylic acids is 2. The molecule has 0 aromatic heterocycles. The second kappa shape index (κ2) is 6.76. The number of nitrogens with zero attached hydrogens (tertiary/aromatic N) is 1. The zero-order chi connectivity index (χ0) is 16.4. The summed E-state index contributed by atoms with van der Waals surface area (Å²) in [4.78, 5) is 26.1. The highest BCUT2D eigenvalue weighted by atomic mass is 35.5. The van der Waals surface area contributed by atoms with Gasteiger partial charge in [-0.2, -0.15) is 0 Å². The molecular weight excluding hydrogens is 318 g/mol. The molecule has 2 atom stereocenters. The number of amides is 2. The van der Waals surface area contributed by atoms with Gasteiger partial charge in [-0.25, -0.2) is 0 Å². The van der Waals surface area contributed by atoms with Crippen LogP contribution in [0.2, 0.25) is 5.02 Å². The first kappa shape index (κ1) is 16.1. The second-order valence-corrected chi connectivity index (χ2v) is 6.22. The van der Waals surface area contributed by atoms with Crippen molar-refractivity contribution in [3.63, 3.8) is 0 Å². The molecule has 124 valence electrons. The number of piperidine rings is 1. The molecule has 2 saturated heterocycles. The van der Waals surface area contributed by atoms with Crippen molar-refractivity contribution in [3.8, 4) is 0 Å². The van der Waals surface area contributed by atoms with E-state index in [1.165, 1.54) is 0 Å². The van der Waals surface area contributed by atoms with Crippen LogP contribution in [0.4, 0.5) is 5.69 Å². The quantitative estimate of drug-likeness (QED) is 0.877. The summed E-state index contributed by atoms with van der Waals surface area (Å²) in [5, 5.41) is 6.62. The van der Waals surface area contributed by atoms with Gasteiger partial charge in [-0.15, -0.1) is 0 Å². The lowest BCUT2D eigenvalue weighted by Gasteiger charge is -2.41. The lowest BCUT2D eigenvalue weighted by molar-refractivity contribution is -0.139. The van der Waals surface area contributed by atoms with E-state index in [1.54, 1.807) is 17.0 Å². The van der Waals surface area contributed by atoms with E-state index < -0.39 is 0 Å². The van der Waals surface area contributed by atoms with Crippen LogP contribution >= 0.6 is 11.6 Å². The molecule has 2 heterocycles. The zero-order valence-electron chi connectivity index (χ0n) is 13.0. The fourth-order valence-corrected chi connectivity index (χ4v) is 3.26. The maximum Gasteiger partial charge on any atom is 0.256 e. The van der Waals surface area contributed by atoms with Gasteiger partial charge in [0.2, 0.25) is 5.91 Å². The Labute approximate surface area is 140 Å². The third-order valence-electron chi connectivity index (χ3n) is 4.19. The number of hydrogen-bond donors (Lipinski definition) is 2. The van der Waals surface area contributed by atoms with Crippen LogP contribution in [0.5, 0.6) is 0 Å². The summed E-state index contributed by atoms with van der Waals surface area (Å²) in [6.07, 6.45) is 0.706. The molecule has 6 nitrogen and oxygen atoms in total. The standard InChI is InChI=1S/C16H20ClN3O3/c1-2-18-12-4-3-10(17)7-11(12)16(22)20-6-5-14-13(8-20)19-15(21)9-23-14/h3-4,7,13-14,18H,2,5-6,8-9H2,1H3,(H,19,21)/t13-,14-/m1/s1. The van der Waals surface area contributed by atoms with Gasteiger partial charge in [-0.3, -0.25) is 9.59 Å². The number of anilines is 1. The van der Waals surface area contributed by atoms with E-state index in [0.29, 0.717) is 30.1 Å². The molecule has 3 rings (SSSR count). The Kier molecular flexibility index (Phi) is 4.73. The van der Waals surface area contributed by atoms with Crippen LogP contribution in [0.25, 0.3) is 0 Å². The van der Waals surface area contributed by atoms with Crippen LogP contribution in [-0.4, -0.2) is 55.1 Å². The molecule has 0 spiro atoms. The van der Waals surface area contributed by atoms with Crippen molar-refractivity contribution in [2.75, 3.05) is 31.6 Å². The van der Waals surface area contributed by atoms with E-state index in [1.807, 2.05) is 13.0 Å². The summed E-state index contributed by atoms with van der Waals surface area (Å²) in [6.45, 7) is 3.86. The number of halogens is 1. The van der Waals surface area contributed by atoms with Crippen molar-refractivity contribution in [3.05, 3.63) is 28.8 Å². The van der Waals surface area contributed by atoms with E-state index in [-0.39, 0.29) is 30.6 Å². The molecule has 0 bridgehead atoms. The molecular formula is C16H20ClN3O3. The fourth-order valence-electron chi connectivity index (χ4n) is 3.09. The summed E-state index contributed by atoms with van der Waals surface area (Å²) in [6, 6.07) is 5.12. The Morgan fingerprint density at radius 1 is 1.52 bits per heavy atom. The number of hydrogen-bond acceptors (Lipinski definition) is 4. The van der Waals surface area contributed by atoms with Gasteiger partial charge in [-0.1, -0.05) is 11.6 Å². The average Bonchev–Trinajstić information content (AvgIpc) is 2.55. The normalized spacial score (nSPS) is 23.9. The molecule has 7 heteroatoms. The second-order valence-electron chi connectivity index (χ2n) is 5.78. The number of nitrogens with one attached hydrogen (secondary N) is 2. The van der Waals surface area contributed by atoms with Crippen LogP contribution < -0.4 is 10.6 Å². The number of benzene rings is 1. The summed E-state index contributed by atoms with van der Waals surface area (Å²) >= 11 is 6.05. The Morgan fingerprint density at radius 2 is 2.35 bits per heavy atom. The van der Waals surface area contributed by atoms with Crippen molar-refractivity contribution in [2.24, 2.45) is 0 Å². The van der Waals surface area contributed by atoms with E-state index in [2.05, 4.69) is 10.6 Å². The molecule has 1 aromatic rings. The van der Waals surface area contributed by atoms with Crippen LogP contribution in [0, 0.1) is 0 Å². The minimum absolute atomic E-state index is 0.00986. The number of carbonyl (C=O) groups is 2. The number of rotatable bonds is 3. The van der Waals surface area contributed by atoms with Gasteiger partial charge >= 0.3 is 0 Å². The maximum absolute atomic E-state index is 12.9. The van der Waals surface area contributed by atoms with Gasteiger partial charge in [0.25, 0.3) is 5.91 Å². The predicted octanol–water partition coefficient (Wildman–Crippen LogP) is 1.50. The van der Waals surface area contributed by atoms with Gasteiger partial charge in [0.05, 0.1) is 17.7 Å². The first-order valence-corrected chi connectivity index (χ1v) is 8.20. The minimum Gasteiger partial charge on any atom is -0.385 e. The van der Waals surface area contributed by atoms with E-state index in [9.17, 15) is 9.59 Å². The largest absolute Gasteiger partial charge is 0.385 e. The molecule has 2 aliphatic rings. The maximum atomic E-state index is 12.9. The lowest BCUT2D eigenvalue weighted by Crippen LogP contribution is -2.61. The van der Waals surface area contributed by atoms with Gasteiger partial charge in [-0.05, 0) is 31.5 Å². The minimum atomic E-state index is -0.143. The third kappa shape index (κ3) is 3.43. The summed E-state index contributed by atoms with van der Waals surface area (Å²) in [5.41, 5.74) is 1.33. The Morgan fingerprint density at radius 3 is 3.13 bits per heavy atom. The molecule has 0 unspecified atom stereocenters. The highest BCUT2D eigenvalue weighted by Crippen LogP contribution is 2.25. The lowest BCUT2D eigenvalue weighted by atomic mass is 9.99. The van der Waals surface area contributed by atoms with Crippen LogP contribution in [-0.2, 0) is 9.53 Å². The number of likely N-dealkylation sites (tertiary alicyclic amines) is 1. The molecule has 2 amide bonds. The van der Waals surface area contributed by atoms with E-state index >= 15 is 0 Å². The Hall–Kier alpha value is -1.79. The number of ether oxygens (including phenoxy) is 1. The zero-order valence-corrected chi connectivity index (χ0v) is 13.7. The smallest absolute Gasteiger partial charge is 0.256 e. The van der Waals surface area contributed by atoms with Crippen LogP contribution in [0.3, 0.4) is 0 Å². The first-order chi connectivity index (χ1) is 11.1. The third-order valence-corrected chi connectivity index (χ3v) is 4.43. The van der Waals surface area contributed by atoms with Crippen molar-refractivity contribution in [2.45, 2.75) is 25.5 Å². The molecule has 0 aliphatic carbocycles. The number of morpholine rings is 1. The monoisotopic (exact) mass is 337 g/mol. The van der Waals surface area contributed by atoms with Gasteiger partial charge in [0, 0.05) is 30.3 Å². The van der Waals surface area contributed by atoms with Gasteiger partial charge in [0.1, 0.15) is 6.61 Å². The fraction of sp³-hybridized carbons (Fsp3) is 0.500. The van der Waals surface area contributed by atoms with Crippen molar-refractivity contribution < 1.29 is 14.3 Å². The molecule has 1 aromatic carbocycles. The molecule has 2 fully saturated rings. The molecule has 23 heavy (non-hydrogen) atoms. The molecule has 2 N–H and O–H groups in total. The highest BCUT2D eigenvalue weighted by molar-refractivity contribution is 6.31. The van der Waals surface area contributed by atoms with Crippen molar-refractivity contribution >= 4 is 29.1 Å². The molecule has 0 saturated carbocycles. The molecule has 2 aliphatic heterocycles. The first-order valence-electron chi connectivity index (χ1n) is 7.82. The Bertz CT molecular complexity index is 623. The van der Waals surface area contributed by atoms with Crippen LogP contribution in [0.1, 0.15) is 23.7 Å². The predicted molar refractivity (Wildman–Crippen MR) is 87.8 cm³/mol. The van der Waals surface area contributed by atoms with Crippen molar-refractivity contribution in [1.29, 1.82) is 0 Å². The molecule has 0 radical (unpaired) electrons. The SMILES string of the molecule is CCNc1ccc(Cl)cc1C(=O)N1CC[C@H]2OCC(=O)N[C@@H]2C1. The van der Waals surface area contributed by atoms with Gasteiger partial charge < -0.3 is 20.3 Å². The number of fused-ring (bicyclic) bond motifs is 1.